The Bertz CT molecular complexity index is 247. The highest BCUT2D eigenvalue weighted by atomic mass is 28.4. The second kappa shape index (κ2) is 12.3. The first kappa shape index (κ1) is 19.6. The Labute approximate surface area is 124 Å². The number of carboxylic acid groups (broad SMARTS) is 1. The van der Waals surface area contributed by atoms with Crippen molar-refractivity contribution in [2.75, 3.05) is 27.3 Å². The lowest BCUT2D eigenvalue weighted by Crippen LogP contribution is -2.35. The van der Waals surface area contributed by atoms with Gasteiger partial charge in [0.15, 0.2) is 0 Å². The highest BCUT2D eigenvalue weighted by Crippen LogP contribution is 2.17. The van der Waals surface area contributed by atoms with E-state index in [1.54, 1.807) is 14.2 Å². The minimum atomic E-state index is -1.85. The van der Waals surface area contributed by atoms with Crippen molar-refractivity contribution in [1.29, 1.82) is 0 Å². The minimum Gasteiger partial charge on any atom is -0.481 e. The molecule has 0 fully saturated rings. The molecule has 0 bridgehead atoms. The van der Waals surface area contributed by atoms with Gasteiger partial charge in [0.25, 0.3) is 0 Å². The van der Waals surface area contributed by atoms with Gasteiger partial charge in [-0.15, -0.1) is 0 Å². The molecule has 120 valence electrons. The van der Waals surface area contributed by atoms with Crippen molar-refractivity contribution < 1.29 is 18.8 Å². The highest BCUT2D eigenvalue weighted by Gasteiger charge is 2.27. The predicted molar refractivity (Wildman–Crippen MR) is 83.3 cm³/mol. The van der Waals surface area contributed by atoms with Crippen LogP contribution in [0.3, 0.4) is 0 Å². The molecule has 0 aliphatic carbocycles. The van der Waals surface area contributed by atoms with Crippen LogP contribution in [0.5, 0.6) is 0 Å². The van der Waals surface area contributed by atoms with Crippen molar-refractivity contribution in [2.24, 2.45) is 0 Å². The number of carboxylic acids is 1. The summed E-state index contributed by atoms with van der Waals surface area (Å²) in [5.41, 5.74) is 0. The SMILES string of the molecule is CO[Si](C)(CCCCCCCCNCCC(=O)O)OC. The topological polar surface area (TPSA) is 67.8 Å². The fourth-order valence-corrected chi connectivity index (χ4v) is 3.48. The minimum absolute atomic E-state index is 0.210. The molecule has 6 heteroatoms. The highest BCUT2D eigenvalue weighted by molar-refractivity contribution is 6.65. The summed E-state index contributed by atoms with van der Waals surface area (Å²) in [5, 5.41) is 11.6. The molecule has 0 aliphatic heterocycles. The van der Waals surface area contributed by atoms with E-state index in [0.717, 1.165) is 19.0 Å². The fraction of sp³-hybridized carbons (Fsp3) is 0.929. The van der Waals surface area contributed by atoms with E-state index in [-0.39, 0.29) is 6.42 Å². The lowest BCUT2D eigenvalue weighted by molar-refractivity contribution is -0.136. The largest absolute Gasteiger partial charge is 0.481 e. The van der Waals surface area contributed by atoms with Gasteiger partial charge in [-0.1, -0.05) is 32.1 Å². The van der Waals surface area contributed by atoms with Gasteiger partial charge >= 0.3 is 14.5 Å². The molecule has 0 aromatic heterocycles. The van der Waals surface area contributed by atoms with Crippen LogP contribution in [0.15, 0.2) is 0 Å². The van der Waals surface area contributed by atoms with Gasteiger partial charge < -0.3 is 19.3 Å². The zero-order valence-electron chi connectivity index (χ0n) is 13.2. The van der Waals surface area contributed by atoms with Gasteiger partial charge in [-0.05, 0) is 25.6 Å². The van der Waals surface area contributed by atoms with Crippen molar-refractivity contribution in [2.45, 2.75) is 57.5 Å². The number of aliphatic carboxylic acids is 1. The molecule has 0 aromatic rings. The van der Waals surface area contributed by atoms with Crippen LogP contribution >= 0.6 is 0 Å². The Hall–Kier alpha value is -0.433. The Morgan fingerprint density at radius 1 is 1.00 bits per heavy atom. The van der Waals surface area contributed by atoms with Crippen molar-refractivity contribution >= 4 is 14.5 Å². The van der Waals surface area contributed by atoms with E-state index in [2.05, 4.69) is 11.9 Å². The zero-order valence-corrected chi connectivity index (χ0v) is 14.2. The van der Waals surface area contributed by atoms with Gasteiger partial charge in [0, 0.05) is 20.8 Å². The van der Waals surface area contributed by atoms with Crippen LogP contribution in [0, 0.1) is 0 Å². The summed E-state index contributed by atoms with van der Waals surface area (Å²) < 4.78 is 10.9. The molecule has 2 N–H and O–H groups in total. The summed E-state index contributed by atoms with van der Waals surface area (Å²) in [5.74, 6) is -0.736. The molecule has 20 heavy (non-hydrogen) atoms. The van der Waals surface area contributed by atoms with E-state index < -0.39 is 14.5 Å². The number of unbranched alkanes of at least 4 members (excludes halogenated alkanes) is 5. The van der Waals surface area contributed by atoms with Crippen LogP contribution in [0.25, 0.3) is 0 Å². The van der Waals surface area contributed by atoms with Crippen LogP contribution in [-0.2, 0) is 13.6 Å². The van der Waals surface area contributed by atoms with Gasteiger partial charge in [0.05, 0.1) is 6.42 Å². The van der Waals surface area contributed by atoms with E-state index in [0.29, 0.717) is 6.54 Å². The standard InChI is InChI=1S/C14H31NO4Si/c1-18-20(3,19-2)13-9-7-5-4-6-8-11-15-12-10-14(16)17/h15H,4-13H2,1-3H3,(H,16,17). The predicted octanol–water partition coefficient (Wildman–Crippen LogP) is 2.76. The van der Waals surface area contributed by atoms with E-state index >= 15 is 0 Å². The molecule has 0 aromatic carbocycles. The third-order valence-electron chi connectivity index (χ3n) is 3.61. The summed E-state index contributed by atoms with van der Waals surface area (Å²) in [6.45, 7) is 3.61. The maximum atomic E-state index is 10.3. The second-order valence-electron chi connectivity index (χ2n) is 5.31. The molecule has 0 saturated carbocycles. The molecule has 0 aliphatic rings. The van der Waals surface area contributed by atoms with Gasteiger partial charge in [0.2, 0.25) is 0 Å². The number of rotatable bonds is 14. The molecule has 0 spiro atoms. The van der Waals surface area contributed by atoms with Gasteiger partial charge in [-0.3, -0.25) is 4.79 Å². The molecule has 5 nitrogen and oxygen atoms in total. The van der Waals surface area contributed by atoms with Crippen LogP contribution in [0.1, 0.15) is 44.9 Å². The van der Waals surface area contributed by atoms with Crippen molar-refractivity contribution in [3.05, 3.63) is 0 Å². The molecular formula is C14H31NO4Si. The van der Waals surface area contributed by atoms with E-state index in [1.807, 2.05) is 0 Å². The smallest absolute Gasteiger partial charge is 0.334 e. The Morgan fingerprint density at radius 2 is 1.55 bits per heavy atom. The van der Waals surface area contributed by atoms with Crippen LogP contribution in [0.2, 0.25) is 12.6 Å². The molecule has 0 atom stereocenters. The van der Waals surface area contributed by atoms with E-state index in [4.69, 9.17) is 14.0 Å². The zero-order chi connectivity index (χ0) is 15.3. The maximum Gasteiger partial charge on any atom is 0.334 e. The first-order chi connectivity index (χ1) is 9.54. The molecule has 0 saturated heterocycles. The lowest BCUT2D eigenvalue weighted by Gasteiger charge is -2.22. The van der Waals surface area contributed by atoms with Crippen molar-refractivity contribution in [1.82, 2.24) is 5.32 Å². The molecular weight excluding hydrogens is 274 g/mol. The third-order valence-corrected chi connectivity index (χ3v) is 6.60. The summed E-state index contributed by atoms with van der Waals surface area (Å²) in [4.78, 5) is 10.3. The lowest BCUT2D eigenvalue weighted by atomic mass is 10.1. The molecule has 0 amide bonds. The quantitative estimate of drug-likeness (QED) is 0.381. The Balaban J connectivity index is 3.23. The Morgan fingerprint density at radius 3 is 2.10 bits per heavy atom. The van der Waals surface area contributed by atoms with Crippen molar-refractivity contribution in [3.8, 4) is 0 Å². The third kappa shape index (κ3) is 11.4. The molecule has 0 unspecified atom stereocenters. The summed E-state index contributed by atoms with van der Waals surface area (Å²) in [7, 11) is 1.63. The monoisotopic (exact) mass is 305 g/mol. The summed E-state index contributed by atoms with van der Waals surface area (Å²) >= 11 is 0. The van der Waals surface area contributed by atoms with Gasteiger partial charge in [-0.25, -0.2) is 0 Å². The second-order valence-corrected chi connectivity index (χ2v) is 8.89. The van der Waals surface area contributed by atoms with E-state index in [9.17, 15) is 4.79 Å². The average molecular weight is 305 g/mol. The van der Waals surface area contributed by atoms with Gasteiger partial charge in [0.1, 0.15) is 0 Å². The first-order valence-electron chi connectivity index (χ1n) is 7.57. The van der Waals surface area contributed by atoms with Crippen LogP contribution < -0.4 is 5.32 Å². The summed E-state index contributed by atoms with van der Waals surface area (Å²) in [6.07, 6.45) is 7.47. The van der Waals surface area contributed by atoms with E-state index in [1.165, 1.54) is 32.1 Å². The maximum absolute atomic E-state index is 10.3. The first-order valence-corrected chi connectivity index (χ1v) is 10.1. The summed E-state index contributed by atoms with van der Waals surface area (Å²) in [6, 6.07) is 1.07. The molecule has 0 radical (unpaired) electrons. The normalized spacial score (nSPS) is 11.8. The molecule has 0 heterocycles. The van der Waals surface area contributed by atoms with Crippen LogP contribution in [-0.4, -0.2) is 46.9 Å². The fourth-order valence-electron chi connectivity index (χ4n) is 2.01. The number of hydrogen-bond donors (Lipinski definition) is 2. The number of nitrogens with one attached hydrogen (secondary N) is 1. The average Bonchev–Trinajstić information content (AvgIpc) is 2.44. The number of hydrogen-bond acceptors (Lipinski definition) is 4. The molecule has 0 rings (SSSR count). The van der Waals surface area contributed by atoms with Gasteiger partial charge in [-0.2, -0.15) is 0 Å². The van der Waals surface area contributed by atoms with Crippen molar-refractivity contribution in [3.63, 3.8) is 0 Å². The van der Waals surface area contributed by atoms with Crippen LogP contribution in [0.4, 0.5) is 0 Å². The Kier molecular flexibility index (Phi) is 12.1. The number of carbonyl (C=O) groups is 1.